The standard InChI is InChI=1S/C38H34ClN5O5/c39-27-13-11-24(12-14-27)19-41-36(46)32-18-26-6-5-16-40-35(26)44(37(32)47)22-34(45)43-17-15-25(21-43)20-42-38(48)49-23-33-30-9-3-1-7-28(30)29-8-2-4-10-31(29)33/h1-14,16,18,25,33H,15,17,19-23H2,(H,41,46)(H,42,48). The van der Waals surface area contributed by atoms with Crippen LogP contribution in [0.15, 0.2) is 102 Å². The van der Waals surface area contributed by atoms with Gasteiger partial charge in [-0.05, 0) is 70.5 Å². The van der Waals surface area contributed by atoms with Crippen molar-refractivity contribution in [2.24, 2.45) is 5.92 Å². The summed E-state index contributed by atoms with van der Waals surface area (Å²) >= 11 is 5.96. The van der Waals surface area contributed by atoms with Gasteiger partial charge in [-0.25, -0.2) is 9.78 Å². The van der Waals surface area contributed by atoms with E-state index >= 15 is 0 Å². The molecule has 1 saturated heterocycles. The van der Waals surface area contributed by atoms with Crippen molar-refractivity contribution in [3.05, 3.63) is 135 Å². The van der Waals surface area contributed by atoms with E-state index in [2.05, 4.69) is 39.9 Å². The number of hydrogen-bond donors (Lipinski definition) is 2. The number of alkyl carbamates (subject to hydrolysis) is 1. The Hall–Kier alpha value is -5.48. The second-order valence-corrected chi connectivity index (χ2v) is 12.8. The first-order chi connectivity index (χ1) is 23.9. The first kappa shape index (κ1) is 32.1. The molecule has 0 spiro atoms. The minimum Gasteiger partial charge on any atom is -0.449 e. The van der Waals surface area contributed by atoms with Crippen molar-refractivity contribution < 1.29 is 19.1 Å². The van der Waals surface area contributed by atoms with Crippen LogP contribution in [0.25, 0.3) is 22.2 Å². The zero-order chi connectivity index (χ0) is 33.9. The number of benzene rings is 3. The van der Waals surface area contributed by atoms with Gasteiger partial charge in [-0.1, -0.05) is 72.3 Å². The summed E-state index contributed by atoms with van der Waals surface area (Å²) in [6.07, 6.45) is 1.74. The van der Waals surface area contributed by atoms with Crippen LogP contribution in [-0.4, -0.2) is 58.6 Å². The van der Waals surface area contributed by atoms with Crippen molar-refractivity contribution in [1.82, 2.24) is 25.1 Å². The Balaban J connectivity index is 0.952. The van der Waals surface area contributed by atoms with Gasteiger partial charge in [0.1, 0.15) is 24.4 Å². The first-order valence-electron chi connectivity index (χ1n) is 16.2. The number of amides is 3. The highest BCUT2D eigenvalue weighted by Crippen LogP contribution is 2.44. The lowest BCUT2D eigenvalue weighted by molar-refractivity contribution is -0.130. The number of carbonyl (C=O) groups excluding carboxylic acids is 3. The van der Waals surface area contributed by atoms with E-state index in [0.29, 0.717) is 42.1 Å². The molecule has 49 heavy (non-hydrogen) atoms. The summed E-state index contributed by atoms with van der Waals surface area (Å²) < 4.78 is 6.93. The third-order valence-corrected chi connectivity index (χ3v) is 9.52. The van der Waals surface area contributed by atoms with E-state index in [4.69, 9.17) is 16.3 Å². The van der Waals surface area contributed by atoms with Crippen molar-refractivity contribution in [2.45, 2.75) is 25.4 Å². The van der Waals surface area contributed by atoms with Gasteiger partial charge in [0.15, 0.2) is 0 Å². The molecule has 2 N–H and O–H groups in total. The Morgan fingerprint density at radius 1 is 0.898 bits per heavy atom. The minimum atomic E-state index is -0.596. The molecule has 3 aromatic carbocycles. The van der Waals surface area contributed by atoms with Crippen molar-refractivity contribution >= 4 is 40.5 Å². The zero-order valence-corrected chi connectivity index (χ0v) is 27.4. The second-order valence-electron chi connectivity index (χ2n) is 12.4. The van der Waals surface area contributed by atoms with E-state index in [9.17, 15) is 19.2 Å². The molecule has 248 valence electrons. The molecule has 10 nitrogen and oxygen atoms in total. The fraction of sp³-hybridized carbons (Fsp3) is 0.237. The predicted molar refractivity (Wildman–Crippen MR) is 186 cm³/mol. The molecule has 1 unspecified atom stereocenters. The van der Waals surface area contributed by atoms with Crippen molar-refractivity contribution in [3.63, 3.8) is 0 Å². The van der Waals surface area contributed by atoms with Crippen LogP contribution >= 0.6 is 11.6 Å². The van der Waals surface area contributed by atoms with Gasteiger partial charge in [0.2, 0.25) is 5.91 Å². The van der Waals surface area contributed by atoms with Gasteiger partial charge in [-0.3, -0.25) is 19.0 Å². The van der Waals surface area contributed by atoms with Gasteiger partial charge in [-0.2, -0.15) is 0 Å². The summed E-state index contributed by atoms with van der Waals surface area (Å²) in [6.45, 7) is 1.43. The van der Waals surface area contributed by atoms with Gasteiger partial charge < -0.3 is 20.3 Å². The van der Waals surface area contributed by atoms with Gasteiger partial charge in [0, 0.05) is 48.7 Å². The molecule has 5 aromatic rings. The van der Waals surface area contributed by atoms with Crippen molar-refractivity contribution in [2.75, 3.05) is 26.2 Å². The molecule has 3 heterocycles. The van der Waals surface area contributed by atoms with Crippen LogP contribution in [0.5, 0.6) is 0 Å². The van der Waals surface area contributed by atoms with E-state index in [-0.39, 0.29) is 43.0 Å². The molecule has 0 radical (unpaired) electrons. The zero-order valence-electron chi connectivity index (χ0n) is 26.6. The van der Waals surface area contributed by atoms with Crippen LogP contribution in [0, 0.1) is 5.92 Å². The third kappa shape index (κ3) is 6.77. The lowest BCUT2D eigenvalue weighted by Crippen LogP contribution is -2.39. The molecule has 1 aliphatic carbocycles. The number of pyridine rings is 2. The van der Waals surface area contributed by atoms with Crippen LogP contribution in [0.4, 0.5) is 4.79 Å². The number of nitrogens with zero attached hydrogens (tertiary/aromatic N) is 3. The van der Waals surface area contributed by atoms with Gasteiger partial charge >= 0.3 is 6.09 Å². The number of rotatable bonds is 9. The SMILES string of the molecule is O=C(NCC1CCN(C(=O)Cn2c(=O)c(C(=O)NCc3ccc(Cl)cc3)cc3cccnc32)C1)OCC1c2ccccc2-c2ccccc21. The second kappa shape index (κ2) is 13.9. The number of hydrogen-bond acceptors (Lipinski definition) is 6. The number of aromatic nitrogens is 2. The highest BCUT2D eigenvalue weighted by Gasteiger charge is 2.30. The Labute approximate surface area is 287 Å². The van der Waals surface area contributed by atoms with Crippen LogP contribution in [0.2, 0.25) is 5.02 Å². The summed E-state index contributed by atoms with van der Waals surface area (Å²) in [5, 5.41) is 6.80. The molecule has 7 rings (SSSR count). The van der Waals surface area contributed by atoms with Gasteiger partial charge in [0.25, 0.3) is 11.5 Å². The van der Waals surface area contributed by atoms with Crippen LogP contribution in [0.1, 0.15) is 39.4 Å². The Bertz CT molecular complexity index is 2070. The lowest BCUT2D eigenvalue weighted by Gasteiger charge is -2.19. The Kier molecular flexibility index (Phi) is 9.13. The number of likely N-dealkylation sites (tertiary alicyclic amines) is 1. The molecule has 1 aliphatic heterocycles. The Morgan fingerprint density at radius 2 is 1.61 bits per heavy atom. The molecule has 0 bridgehead atoms. The molecule has 3 amide bonds. The number of halogens is 1. The number of carbonyl (C=O) groups is 3. The highest BCUT2D eigenvalue weighted by atomic mass is 35.5. The maximum Gasteiger partial charge on any atom is 0.407 e. The first-order valence-corrected chi connectivity index (χ1v) is 16.6. The fourth-order valence-electron chi connectivity index (χ4n) is 6.73. The molecule has 2 aliphatic rings. The molecule has 2 aromatic heterocycles. The van der Waals surface area contributed by atoms with E-state index < -0.39 is 17.6 Å². The van der Waals surface area contributed by atoms with E-state index in [1.54, 1.807) is 47.5 Å². The molecule has 0 saturated carbocycles. The van der Waals surface area contributed by atoms with Gasteiger partial charge in [0.05, 0.1) is 0 Å². The van der Waals surface area contributed by atoms with E-state index in [1.165, 1.54) is 10.6 Å². The summed E-state index contributed by atoms with van der Waals surface area (Å²) in [5.74, 6) is -0.815. The molecule has 1 fully saturated rings. The molecular formula is C38H34ClN5O5. The normalized spacial score (nSPS) is 15.1. The molecule has 11 heteroatoms. The summed E-state index contributed by atoms with van der Waals surface area (Å²) in [4.78, 5) is 58.9. The summed E-state index contributed by atoms with van der Waals surface area (Å²) in [5.41, 5.74) is 5.10. The third-order valence-electron chi connectivity index (χ3n) is 9.27. The number of ether oxygens (including phenoxy) is 1. The van der Waals surface area contributed by atoms with E-state index in [1.807, 2.05) is 24.3 Å². The lowest BCUT2D eigenvalue weighted by atomic mass is 9.98. The largest absolute Gasteiger partial charge is 0.449 e. The number of fused-ring (bicyclic) bond motifs is 4. The maximum absolute atomic E-state index is 13.6. The smallest absolute Gasteiger partial charge is 0.407 e. The fourth-order valence-corrected chi connectivity index (χ4v) is 6.86. The predicted octanol–water partition coefficient (Wildman–Crippen LogP) is 5.37. The van der Waals surface area contributed by atoms with Crippen molar-refractivity contribution in [3.8, 4) is 11.1 Å². The molecule has 1 atom stereocenters. The topological polar surface area (TPSA) is 123 Å². The Morgan fingerprint density at radius 3 is 2.35 bits per heavy atom. The summed E-state index contributed by atoms with van der Waals surface area (Å²) in [7, 11) is 0. The monoisotopic (exact) mass is 675 g/mol. The van der Waals surface area contributed by atoms with E-state index in [0.717, 1.165) is 27.8 Å². The average Bonchev–Trinajstić information content (AvgIpc) is 3.73. The summed E-state index contributed by atoms with van der Waals surface area (Å²) in [6, 6.07) is 28.4. The van der Waals surface area contributed by atoms with Crippen LogP contribution < -0.4 is 16.2 Å². The average molecular weight is 676 g/mol. The number of nitrogens with one attached hydrogen (secondary N) is 2. The maximum atomic E-state index is 13.6. The quantitative estimate of drug-likeness (QED) is 0.217. The van der Waals surface area contributed by atoms with Gasteiger partial charge in [-0.15, -0.1) is 0 Å². The minimum absolute atomic E-state index is 0.0280. The van der Waals surface area contributed by atoms with Crippen LogP contribution in [-0.2, 0) is 22.6 Å². The van der Waals surface area contributed by atoms with Crippen LogP contribution in [0.3, 0.4) is 0 Å². The van der Waals surface area contributed by atoms with Crippen molar-refractivity contribution in [1.29, 1.82) is 0 Å². The highest BCUT2D eigenvalue weighted by molar-refractivity contribution is 6.30. The molecular weight excluding hydrogens is 642 g/mol.